The molecule has 10 nitrogen and oxygen atoms in total. The second-order valence-corrected chi connectivity index (χ2v) is 4.17. The highest BCUT2D eigenvalue weighted by Gasteiger charge is 2.27. The van der Waals surface area contributed by atoms with Crippen molar-refractivity contribution in [3.8, 4) is 0 Å². The van der Waals surface area contributed by atoms with Gasteiger partial charge >= 0.3 is 18.6 Å². The van der Waals surface area contributed by atoms with Gasteiger partial charge in [-0.2, -0.15) is 0 Å². The molecule has 3 N–H and O–H groups in total. The molecule has 0 saturated carbocycles. The number of rotatable bonds is 5. The highest BCUT2D eigenvalue weighted by molar-refractivity contribution is 6.58. The maximum Gasteiger partial charge on any atom is 0.488 e. The normalized spacial score (nSPS) is 10.1. The first kappa shape index (κ1) is 15.3. The third kappa shape index (κ3) is 3.16. The lowest BCUT2D eigenvalue weighted by molar-refractivity contribution is -0.395. The Morgan fingerprint density at radius 3 is 2.45 bits per heavy atom. The Hall–Kier alpha value is -3.05. The molecule has 0 radical (unpaired) electrons. The van der Waals surface area contributed by atoms with Crippen molar-refractivity contribution in [1.82, 2.24) is 4.98 Å². The van der Waals surface area contributed by atoms with Crippen LogP contribution in [0.4, 0.5) is 22.9 Å². The fourth-order valence-electron chi connectivity index (χ4n) is 1.77. The van der Waals surface area contributed by atoms with Gasteiger partial charge in [-0.25, -0.2) is 0 Å². The molecule has 0 amide bonds. The number of nitro groups is 2. The second kappa shape index (κ2) is 6.16. The van der Waals surface area contributed by atoms with Crippen molar-refractivity contribution in [3.05, 3.63) is 56.8 Å². The maximum absolute atomic E-state index is 11.0. The molecular weight excluding hydrogens is 295 g/mol. The molecule has 0 aliphatic heterocycles. The first-order valence-corrected chi connectivity index (χ1v) is 5.91. The molecule has 2 rings (SSSR count). The lowest BCUT2D eigenvalue weighted by Crippen LogP contribution is -2.29. The monoisotopic (exact) mass is 304 g/mol. The third-order valence-corrected chi connectivity index (χ3v) is 2.73. The first-order valence-electron chi connectivity index (χ1n) is 5.91. The molecule has 22 heavy (non-hydrogen) atoms. The average molecular weight is 304 g/mol. The van der Waals surface area contributed by atoms with Crippen molar-refractivity contribution in [3.63, 3.8) is 0 Å². The van der Waals surface area contributed by atoms with E-state index in [2.05, 4.69) is 10.3 Å². The summed E-state index contributed by atoms with van der Waals surface area (Å²) in [6.45, 7) is 0. The number of nitrogens with zero attached hydrogens (tertiary/aromatic N) is 3. The van der Waals surface area contributed by atoms with Gasteiger partial charge < -0.3 is 25.5 Å². The molecule has 0 aliphatic rings. The number of hydrogen-bond acceptors (Lipinski definition) is 8. The van der Waals surface area contributed by atoms with E-state index in [0.717, 1.165) is 12.3 Å². The van der Waals surface area contributed by atoms with E-state index in [1.807, 2.05) is 0 Å². The van der Waals surface area contributed by atoms with Gasteiger partial charge in [-0.1, -0.05) is 12.1 Å². The van der Waals surface area contributed by atoms with Gasteiger partial charge in [0.2, 0.25) is 5.69 Å². The van der Waals surface area contributed by atoms with Crippen LogP contribution in [0.3, 0.4) is 0 Å². The van der Waals surface area contributed by atoms with E-state index >= 15 is 0 Å². The highest BCUT2D eigenvalue weighted by Crippen LogP contribution is 2.34. The van der Waals surface area contributed by atoms with Gasteiger partial charge in [-0.15, -0.1) is 0 Å². The van der Waals surface area contributed by atoms with E-state index in [4.69, 9.17) is 10.0 Å². The van der Waals surface area contributed by atoms with Gasteiger partial charge in [0.05, 0.1) is 11.0 Å². The molecule has 1 aromatic carbocycles. The van der Waals surface area contributed by atoms with Crippen LogP contribution in [0, 0.1) is 20.2 Å². The topological polar surface area (TPSA) is 152 Å². The third-order valence-electron chi connectivity index (χ3n) is 2.73. The van der Waals surface area contributed by atoms with E-state index in [1.165, 1.54) is 24.3 Å². The van der Waals surface area contributed by atoms with E-state index in [0.29, 0.717) is 0 Å². The summed E-state index contributed by atoms with van der Waals surface area (Å²) in [5.41, 5.74) is -0.567. The first-order chi connectivity index (χ1) is 10.4. The number of nitrogens with one attached hydrogen (secondary N) is 1. The van der Waals surface area contributed by atoms with Crippen LogP contribution in [-0.2, 0) is 0 Å². The predicted octanol–water partition coefficient (Wildman–Crippen LogP) is 0.321. The molecule has 0 saturated heterocycles. The number of hydrogen-bond donors (Lipinski definition) is 3. The molecule has 0 bridgehead atoms. The molecule has 1 heterocycles. The standard InChI is InChI=1S/C11H9BN4O6/c17-12(18)7-2-1-3-8(6-7)14-10-9(15(19)20)4-5-13-11(10)16(21)22/h1-6,14,17-18H. The molecule has 2 aromatic rings. The van der Waals surface area contributed by atoms with Crippen LogP contribution >= 0.6 is 0 Å². The van der Waals surface area contributed by atoms with E-state index in [1.54, 1.807) is 0 Å². The minimum absolute atomic E-state index is 0.124. The summed E-state index contributed by atoms with van der Waals surface area (Å²) in [6, 6.07) is 6.67. The summed E-state index contributed by atoms with van der Waals surface area (Å²) in [6.07, 6.45) is 0.968. The zero-order valence-electron chi connectivity index (χ0n) is 10.9. The second-order valence-electron chi connectivity index (χ2n) is 4.17. The fourth-order valence-corrected chi connectivity index (χ4v) is 1.77. The molecule has 0 spiro atoms. The lowest BCUT2D eigenvalue weighted by atomic mass is 9.80. The van der Waals surface area contributed by atoms with Crippen LogP contribution in [0.2, 0.25) is 0 Å². The van der Waals surface area contributed by atoms with Crippen molar-refractivity contribution in [1.29, 1.82) is 0 Å². The zero-order chi connectivity index (χ0) is 16.3. The molecule has 1 aromatic heterocycles. The number of anilines is 2. The Bertz CT molecular complexity index is 706. The van der Waals surface area contributed by atoms with E-state index in [9.17, 15) is 20.2 Å². The van der Waals surface area contributed by atoms with Crippen LogP contribution in [0.15, 0.2) is 36.5 Å². The SMILES string of the molecule is O=[N+]([O-])c1ccnc([N+](=O)[O-])c1Nc1cccc(B(O)O)c1. The van der Waals surface area contributed by atoms with Gasteiger partial charge in [-0.3, -0.25) is 10.1 Å². The molecule has 0 aliphatic carbocycles. The van der Waals surface area contributed by atoms with E-state index < -0.39 is 28.5 Å². The highest BCUT2D eigenvalue weighted by atomic mass is 16.6. The Morgan fingerprint density at radius 2 is 1.86 bits per heavy atom. The van der Waals surface area contributed by atoms with Gasteiger partial charge in [0.1, 0.15) is 6.20 Å². The minimum Gasteiger partial charge on any atom is -0.423 e. The molecule has 0 unspecified atom stereocenters. The van der Waals surface area contributed by atoms with Crippen molar-refractivity contribution in [2.45, 2.75) is 0 Å². The van der Waals surface area contributed by atoms with Crippen LogP contribution < -0.4 is 10.8 Å². The number of benzene rings is 1. The van der Waals surface area contributed by atoms with Crippen LogP contribution in [0.5, 0.6) is 0 Å². The van der Waals surface area contributed by atoms with Gasteiger partial charge in [0, 0.05) is 5.69 Å². The average Bonchev–Trinajstić information content (AvgIpc) is 2.47. The summed E-state index contributed by atoms with van der Waals surface area (Å²) in [5, 5.41) is 42.7. The van der Waals surface area contributed by atoms with Gasteiger partial charge in [0.15, 0.2) is 0 Å². The van der Waals surface area contributed by atoms with Crippen molar-refractivity contribution >= 4 is 35.5 Å². The van der Waals surface area contributed by atoms with Crippen LogP contribution in [-0.4, -0.2) is 32.0 Å². The zero-order valence-corrected chi connectivity index (χ0v) is 10.9. The predicted molar refractivity (Wildman–Crippen MR) is 77.1 cm³/mol. The Morgan fingerprint density at radius 1 is 1.14 bits per heavy atom. The number of aromatic nitrogens is 1. The van der Waals surface area contributed by atoms with Crippen LogP contribution in [0.25, 0.3) is 0 Å². The molecule has 11 heteroatoms. The van der Waals surface area contributed by atoms with E-state index in [-0.39, 0.29) is 16.8 Å². The van der Waals surface area contributed by atoms with Crippen molar-refractivity contribution < 1.29 is 19.9 Å². The molecular formula is C11H9BN4O6. The van der Waals surface area contributed by atoms with Crippen molar-refractivity contribution in [2.24, 2.45) is 0 Å². The summed E-state index contributed by atoms with van der Waals surface area (Å²) in [5.74, 6) is -0.704. The summed E-state index contributed by atoms with van der Waals surface area (Å²) < 4.78 is 0. The molecule has 112 valence electrons. The summed E-state index contributed by atoms with van der Waals surface area (Å²) in [7, 11) is -1.74. The Balaban J connectivity index is 2.50. The molecule has 0 fully saturated rings. The Labute approximate surface area is 123 Å². The van der Waals surface area contributed by atoms with Gasteiger partial charge in [-0.05, 0) is 27.5 Å². The Kier molecular flexibility index (Phi) is 4.29. The summed E-state index contributed by atoms with van der Waals surface area (Å²) >= 11 is 0. The fraction of sp³-hybridized carbons (Fsp3) is 0. The minimum atomic E-state index is -1.74. The largest absolute Gasteiger partial charge is 0.488 e. The number of pyridine rings is 1. The maximum atomic E-state index is 11.0. The smallest absolute Gasteiger partial charge is 0.423 e. The van der Waals surface area contributed by atoms with Gasteiger partial charge in [0.25, 0.3) is 0 Å². The summed E-state index contributed by atoms with van der Waals surface area (Å²) in [4.78, 5) is 23.8. The quantitative estimate of drug-likeness (QED) is 0.405. The van der Waals surface area contributed by atoms with Crippen LogP contribution in [0.1, 0.15) is 0 Å². The molecule has 0 atom stereocenters. The lowest BCUT2D eigenvalue weighted by Gasteiger charge is -2.08. The van der Waals surface area contributed by atoms with Crippen molar-refractivity contribution in [2.75, 3.05) is 5.32 Å².